The van der Waals surface area contributed by atoms with Crippen molar-refractivity contribution in [1.29, 1.82) is 0 Å². The largest absolute Gasteiger partial charge is 0.467 e. The fourth-order valence-electron chi connectivity index (χ4n) is 2.07. The maximum atomic E-state index is 11.7. The Morgan fingerprint density at radius 3 is 1.94 bits per heavy atom. The number of carbonyl (C=O) groups is 2. The minimum Gasteiger partial charge on any atom is -0.467 e. The maximum absolute atomic E-state index is 11.7. The minimum atomic E-state index is -0.920. The molecule has 0 saturated heterocycles. The van der Waals surface area contributed by atoms with Gasteiger partial charge in [-0.15, -0.1) is 0 Å². The third kappa shape index (κ3) is 2.53. The summed E-state index contributed by atoms with van der Waals surface area (Å²) in [6.07, 6.45) is -0.584. The molecule has 5 heteroatoms. The van der Waals surface area contributed by atoms with Gasteiger partial charge >= 0.3 is 12.1 Å². The van der Waals surface area contributed by atoms with Crippen LogP contribution in [0.25, 0.3) is 0 Å². The first-order valence-corrected chi connectivity index (χ1v) is 5.74. The lowest BCUT2D eigenvalue weighted by Gasteiger charge is -2.23. The molecule has 1 rings (SSSR count). The molecule has 1 fully saturated rings. The van der Waals surface area contributed by atoms with Crippen LogP contribution in [0.5, 0.6) is 0 Å². The Bertz CT molecular complexity index is 324. The van der Waals surface area contributed by atoms with Gasteiger partial charge in [0, 0.05) is 0 Å². The second kappa shape index (κ2) is 4.20. The van der Waals surface area contributed by atoms with Crippen LogP contribution in [0.4, 0.5) is 4.79 Å². The number of nitrogens with one attached hydrogen (secondary N) is 1. The number of alkyl carbamates (subject to hydrolysis) is 1. The van der Waals surface area contributed by atoms with E-state index in [2.05, 4.69) is 5.32 Å². The molecule has 2 atom stereocenters. The molecule has 1 amide bonds. The van der Waals surface area contributed by atoms with E-state index >= 15 is 0 Å². The predicted octanol–water partition coefficient (Wildman–Crippen LogP) is 1.71. The van der Waals surface area contributed by atoms with Crippen LogP contribution in [0.2, 0.25) is 0 Å². The summed E-state index contributed by atoms with van der Waals surface area (Å²) >= 11 is 0. The molecule has 0 aromatic carbocycles. The molecule has 0 bridgehead atoms. The average Bonchev–Trinajstić information content (AvgIpc) is 2.67. The first kappa shape index (κ1) is 13.8. The Hall–Kier alpha value is -1.26. The quantitative estimate of drug-likeness (QED) is 0.750. The second-order valence-electron chi connectivity index (χ2n) is 5.56. The van der Waals surface area contributed by atoms with Crippen molar-refractivity contribution in [3.05, 3.63) is 0 Å². The van der Waals surface area contributed by atoms with Crippen molar-refractivity contribution in [2.75, 3.05) is 7.11 Å². The van der Waals surface area contributed by atoms with Gasteiger partial charge in [-0.05, 0) is 32.6 Å². The van der Waals surface area contributed by atoms with Gasteiger partial charge in [-0.3, -0.25) is 0 Å². The maximum Gasteiger partial charge on any atom is 0.408 e. The zero-order chi connectivity index (χ0) is 13.4. The van der Waals surface area contributed by atoms with Crippen molar-refractivity contribution in [1.82, 2.24) is 5.32 Å². The number of hydrogen-bond donors (Lipinski definition) is 1. The highest BCUT2D eigenvalue weighted by Crippen LogP contribution is 2.50. The Morgan fingerprint density at radius 1 is 1.18 bits per heavy atom. The van der Waals surface area contributed by atoms with Gasteiger partial charge < -0.3 is 14.8 Å². The Labute approximate surface area is 102 Å². The van der Waals surface area contributed by atoms with Gasteiger partial charge in [-0.1, -0.05) is 13.8 Å². The minimum absolute atomic E-state index is 0.0578. The number of hydrogen-bond acceptors (Lipinski definition) is 4. The third-order valence-electron chi connectivity index (χ3n) is 3.31. The van der Waals surface area contributed by atoms with Crippen LogP contribution in [0.3, 0.4) is 0 Å². The third-order valence-corrected chi connectivity index (χ3v) is 3.31. The van der Waals surface area contributed by atoms with Crippen LogP contribution in [-0.4, -0.2) is 30.3 Å². The van der Waals surface area contributed by atoms with Crippen molar-refractivity contribution < 1.29 is 19.1 Å². The summed E-state index contributed by atoms with van der Waals surface area (Å²) in [5, 5.41) is 2.64. The molecule has 0 aromatic heterocycles. The van der Waals surface area contributed by atoms with Crippen molar-refractivity contribution in [3.63, 3.8) is 0 Å². The van der Waals surface area contributed by atoms with Crippen molar-refractivity contribution >= 4 is 12.1 Å². The Kier molecular flexibility index (Phi) is 3.41. The Morgan fingerprint density at radius 2 is 1.65 bits per heavy atom. The van der Waals surface area contributed by atoms with Gasteiger partial charge in [0.25, 0.3) is 0 Å². The second-order valence-corrected chi connectivity index (χ2v) is 5.56. The number of amides is 1. The predicted molar refractivity (Wildman–Crippen MR) is 62.4 cm³/mol. The fourth-order valence-corrected chi connectivity index (χ4v) is 2.07. The van der Waals surface area contributed by atoms with E-state index in [4.69, 9.17) is 9.47 Å². The lowest BCUT2D eigenvalue weighted by molar-refractivity contribution is -0.145. The van der Waals surface area contributed by atoms with E-state index in [1.165, 1.54) is 7.11 Å². The number of esters is 1. The van der Waals surface area contributed by atoms with E-state index in [1.807, 2.05) is 13.8 Å². The van der Waals surface area contributed by atoms with Crippen LogP contribution in [0, 0.1) is 11.8 Å². The van der Waals surface area contributed by atoms with E-state index < -0.39 is 23.2 Å². The number of carbonyl (C=O) groups excluding carboxylic acids is 2. The molecule has 1 aliphatic carbocycles. The molecule has 98 valence electrons. The highest BCUT2D eigenvalue weighted by atomic mass is 16.6. The highest BCUT2D eigenvalue weighted by molar-refractivity contribution is 5.90. The Balaban J connectivity index is 2.71. The molecular formula is C12H21NO4. The van der Waals surface area contributed by atoms with Crippen LogP contribution in [0.1, 0.15) is 34.6 Å². The summed E-state index contributed by atoms with van der Waals surface area (Å²) in [4.78, 5) is 23.4. The standard InChI is InChI=1S/C12H21NO4/c1-7-8(2)12(7,9(14)16-6)13-10(15)17-11(3,4)5/h7-8H,1-6H3,(H,13,15). The first-order valence-electron chi connectivity index (χ1n) is 5.74. The van der Waals surface area contributed by atoms with Gasteiger partial charge in [0.05, 0.1) is 7.11 Å². The van der Waals surface area contributed by atoms with Crippen molar-refractivity contribution in [2.24, 2.45) is 11.8 Å². The summed E-state index contributed by atoms with van der Waals surface area (Å²) < 4.78 is 9.89. The molecule has 0 heterocycles. The summed E-state index contributed by atoms with van der Waals surface area (Å²) in [7, 11) is 1.32. The van der Waals surface area contributed by atoms with E-state index in [-0.39, 0.29) is 11.8 Å². The highest BCUT2D eigenvalue weighted by Gasteiger charge is 2.67. The number of rotatable bonds is 2. The average molecular weight is 243 g/mol. The molecule has 0 aromatic rings. The van der Waals surface area contributed by atoms with Gasteiger partial charge in [0.2, 0.25) is 0 Å². The molecule has 0 spiro atoms. The van der Waals surface area contributed by atoms with Crippen LogP contribution in [0.15, 0.2) is 0 Å². The molecule has 17 heavy (non-hydrogen) atoms. The molecule has 0 radical (unpaired) electrons. The lowest BCUT2D eigenvalue weighted by atomic mass is 10.2. The topological polar surface area (TPSA) is 64.6 Å². The lowest BCUT2D eigenvalue weighted by Crippen LogP contribution is -2.48. The number of ether oxygens (including phenoxy) is 2. The van der Waals surface area contributed by atoms with Crippen LogP contribution >= 0.6 is 0 Å². The van der Waals surface area contributed by atoms with E-state index in [1.54, 1.807) is 20.8 Å². The van der Waals surface area contributed by atoms with E-state index in [0.717, 1.165) is 0 Å². The van der Waals surface area contributed by atoms with Gasteiger partial charge in [-0.2, -0.15) is 0 Å². The van der Waals surface area contributed by atoms with Crippen LogP contribution < -0.4 is 5.32 Å². The van der Waals surface area contributed by atoms with Crippen molar-refractivity contribution in [3.8, 4) is 0 Å². The summed E-state index contributed by atoms with van der Waals surface area (Å²) in [6, 6.07) is 0. The smallest absolute Gasteiger partial charge is 0.408 e. The SMILES string of the molecule is COC(=O)C1(NC(=O)OC(C)(C)C)C(C)C1C. The zero-order valence-electron chi connectivity index (χ0n) is 11.3. The molecule has 1 saturated carbocycles. The van der Waals surface area contributed by atoms with E-state index in [0.29, 0.717) is 0 Å². The van der Waals surface area contributed by atoms with E-state index in [9.17, 15) is 9.59 Å². The molecular weight excluding hydrogens is 222 g/mol. The summed E-state index contributed by atoms with van der Waals surface area (Å²) in [5.74, 6) is -0.298. The monoisotopic (exact) mass is 243 g/mol. The molecule has 2 unspecified atom stereocenters. The van der Waals surface area contributed by atoms with Gasteiger partial charge in [0.1, 0.15) is 11.1 Å². The van der Waals surface area contributed by atoms with Gasteiger partial charge in [0.15, 0.2) is 0 Å². The fraction of sp³-hybridized carbons (Fsp3) is 0.833. The van der Waals surface area contributed by atoms with Crippen LogP contribution in [-0.2, 0) is 14.3 Å². The summed E-state index contributed by atoms with van der Waals surface area (Å²) in [5.41, 5.74) is -1.50. The molecule has 1 aliphatic rings. The normalized spacial score (nSPS) is 31.6. The van der Waals surface area contributed by atoms with Crippen molar-refractivity contribution in [2.45, 2.75) is 45.8 Å². The molecule has 5 nitrogen and oxygen atoms in total. The molecule has 0 aliphatic heterocycles. The first-order chi connectivity index (χ1) is 7.65. The molecule has 1 N–H and O–H groups in total. The van der Waals surface area contributed by atoms with Gasteiger partial charge in [-0.25, -0.2) is 9.59 Å². The summed E-state index contributed by atoms with van der Waals surface area (Å²) in [6.45, 7) is 9.13. The zero-order valence-corrected chi connectivity index (χ0v) is 11.3. The number of methoxy groups -OCH3 is 1.